The van der Waals surface area contributed by atoms with Crippen molar-refractivity contribution in [3.63, 3.8) is 0 Å². The van der Waals surface area contributed by atoms with Crippen molar-refractivity contribution in [2.45, 2.75) is 26.7 Å². The number of amides is 1. The van der Waals surface area contributed by atoms with Gasteiger partial charge in [0.2, 0.25) is 5.91 Å². The normalized spacial score (nSPS) is 11.0. The number of carbonyl (C=O) groups excluding carboxylic acids is 1. The van der Waals surface area contributed by atoms with Crippen LogP contribution in [0.15, 0.2) is 60.7 Å². The van der Waals surface area contributed by atoms with Crippen molar-refractivity contribution in [3.8, 4) is 11.3 Å². The first kappa shape index (κ1) is 20.3. The van der Waals surface area contributed by atoms with Gasteiger partial charge in [-0.3, -0.25) is 14.9 Å². The largest absolute Gasteiger partial charge is 0.366 e. The van der Waals surface area contributed by atoms with Gasteiger partial charge in [-0.2, -0.15) is 0 Å². The second-order valence-corrected chi connectivity index (χ2v) is 7.86. The molecule has 4 rings (SSSR count). The van der Waals surface area contributed by atoms with Crippen LogP contribution < -0.4 is 5.73 Å². The number of nitro groups is 1. The van der Waals surface area contributed by atoms with Crippen molar-refractivity contribution >= 4 is 22.5 Å². The third-order valence-electron chi connectivity index (χ3n) is 5.54. The number of hydrogen-bond donors (Lipinski definition) is 2. The van der Waals surface area contributed by atoms with Gasteiger partial charge in [-0.25, -0.2) is 0 Å². The molecular weight excluding hydrogens is 390 g/mol. The Morgan fingerprint density at radius 1 is 1.00 bits per heavy atom. The summed E-state index contributed by atoms with van der Waals surface area (Å²) in [4.78, 5) is 26.3. The maximum atomic E-state index is 11.8. The number of primary amides is 1. The molecule has 1 amide bonds. The van der Waals surface area contributed by atoms with Crippen LogP contribution in [0.1, 0.15) is 32.6 Å². The SMILES string of the molecule is Cc1cc(C)cc(-c2[nH]c3ccc([N+](=O)[O-])cc3c2CCc2ccccc2C(N)=O)c1. The summed E-state index contributed by atoms with van der Waals surface area (Å²) in [5.41, 5.74) is 13.1. The summed E-state index contributed by atoms with van der Waals surface area (Å²) in [5, 5.41) is 12.2. The Morgan fingerprint density at radius 3 is 2.39 bits per heavy atom. The van der Waals surface area contributed by atoms with E-state index in [2.05, 4.69) is 23.2 Å². The number of non-ortho nitro benzene ring substituents is 1. The zero-order chi connectivity index (χ0) is 22.1. The monoisotopic (exact) mass is 413 g/mol. The van der Waals surface area contributed by atoms with E-state index < -0.39 is 5.91 Å². The second kappa shape index (κ2) is 8.07. The lowest BCUT2D eigenvalue weighted by atomic mass is 9.95. The topological polar surface area (TPSA) is 102 Å². The lowest BCUT2D eigenvalue weighted by molar-refractivity contribution is -0.384. The predicted molar refractivity (Wildman–Crippen MR) is 122 cm³/mol. The van der Waals surface area contributed by atoms with Crippen LogP contribution in [0.25, 0.3) is 22.2 Å². The summed E-state index contributed by atoms with van der Waals surface area (Å²) in [5.74, 6) is -0.459. The Labute approximate surface area is 179 Å². The molecule has 6 heteroatoms. The van der Waals surface area contributed by atoms with Gasteiger partial charge >= 0.3 is 0 Å². The molecule has 3 N–H and O–H groups in total. The summed E-state index contributed by atoms with van der Waals surface area (Å²) < 4.78 is 0. The van der Waals surface area contributed by atoms with E-state index >= 15 is 0 Å². The maximum absolute atomic E-state index is 11.8. The fourth-order valence-corrected chi connectivity index (χ4v) is 4.21. The average molecular weight is 413 g/mol. The first-order chi connectivity index (χ1) is 14.8. The molecule has 156 valence electrons. The molecule has 0 spiro atoms. The number of nitrogens with one attached hydrogen (secondary N) is 1. The molecule has 6 nitrogen and oxygen atoms in total. The minimum atomic E-state index is -0.459. The quantitative estimate of drug-likeness (QED) is 0.333. The van der Waals surface area contributed by atoms with E-state index in [4.69, 9.17) is 5.73 Å². The molecule has 3 aromatic carbocycles. The van der Waals surface area contributed by atoms with Crippen molar-refractivity contribution in [2.75, 3.05) is 0 Å². The number of H-pyrrole nitrogens is 1. The Kier molecular flexibility index (Phi) is 5.29. The second-order valence-electron chi connectivity index (χ2n) is 7.86. The molecule has 31 heavy (non-hydrogen) atoms. The van der Waals surface area contributed by atoms with Crippen molar-refractivity contribution < 1.29 is 9.72 Å². The number of aryl methyl sites for hydroxylation is 4. The number of nitro benzene ring substituents is 1. The Morgan fingerprint density at radius 2 is 1.71 bits per heavy atom. The average Bonchev–Trinajstić information content (AvgIpc) is 3.09. The van der Waals surface area contributed by atoms with Gasteiger partial charge in [0.25, 0.3) is 5.69 Å². The van der Waals surface area contributed by atoms with Crippen LogP contribution in [0.5, 0.6) is 0 Å². The number of hydrogen-bond acceptors (Lipinski definition) is 3. The fourth-order valence-electron chi connectivity index (χ4n) is 4.21. The number of benzene rings is 3. The van der Waals surface area contributed by atoms with Crippen molar-refractivity contribution in [1.29, 1.82) is 0 Å². The molecule has 0 saturated heterocycles. The molecule has 0 atom stereocenters. The lowest BCUT2D eigenvalue weighted by Crippen LogP contribution is -2.14. The fraction of sp³-hybridized carbons (Fsp3) is 0.160. The molecule has 4 aromatic rings. The number of aromatic amines is 1. The number of nitrogens with zero attached hydrogens (tertiary/aromatic N) is 1. The number of aromatic nitrogens is 1. The van der Waals surface area contributed by atoms with E-state index in [0.29, 0.717) is 18.4 Å². The minimum absolute atomic E-state index is 0.0530. The highest BCUT2D eigenvalue weighted by Gasteiger charge is 2.18. The number of carbonyl (C=O) groups is 1. The summed E-state index contributed by atoms with van der Waals surface area (Å²) in [6.45, 7) is 4.10. The Balaban J connectivity index is 1.85. The van der Waals surface area contributed by atoms with Crippen LogP contribution in [-0.4, -0.2) is 15.8 Å². The minimum Gasteiger partial charge on any atom is -0.366 e. The summed E-state index contributed by atoms with van der Waals surface area (Å²) >= 11 is 0. The van der Waals surface area contributed by atoms with Gasteiger partial charge < -0.3 is 10.7 Å². The molecule has 0 aliphatic heterocycles. The zero-order valence-corrected chi connectivity index (χ0v) is 17.4. The van der Waals surface area contributed by atoms with Crippen LogP contribution >= 0.6 is 0 Å². The van der Waals surface area contributed by atoms with Crippen molar-refractivity contribution in [2.24, 2.45) is 5.73 Å². The smallest absolute Gasteiger partial charge is 0.270 e. The van der Waals surface area contributed by atoms with Crippen LogP contribution in [0.3, 0.4) is 0 Å². The van der Waals surface area contributed by atoms with Gasteiger partial charge in [0.1, 0.15) is 0 Å². The number of nitrogens with two attached hydrogens (primary N) is 1. The summed E-state index contributed by atoms with van der Waals surface area (Å²) in [6, 6.07) is 18.5. The molecule has 0 bridgehead atoms. The Hall–Kier alpha value is -3.93. The van der Waals surface area contributed by atoms with Gasteiger partial charge in [0.05, 0.1) is 4.92 Å². The number of fused-ring (bicyclic) bond motifs is 1. The molecule has 0 unspecified atom stereocenters. The van der Waals surface area contributed by atoms with Crippen molar-refractivity contribution in [3.05, 3.63) is 98.6 Å². The summed E-state index contributed by atoms with van der Waals surface area (Å²) in [7, 11) is 0. The number of rotatable bonds is 6. The van der Waals surface area contributed by atoms with Crippen molar-refractivity contribution in [1.82, 2.24) is 4.98 Å². The van der Waals surface area contributed by atoms with E-state index in [1.54, 1.807) is 24.3 Å². The highest BCUT2D eigenvalue weighted by Crippen LogP contribution is 2.34. The van der Waals surface area contributed by atoms with E-state index in [9.17, 15) is 14.9 Å². The van der Waals surface area contributed by atoms with Gasteiger partial charge in [0.15, 0.2) is 0 Å². The molecule has 0 aliphatic carbocycles. The van der Waals surface area contributed by atoms with Gasteiger partial charge in [0, 0.05) is 34.3 Å². The van der Waals surface area contributed by atoms with Gasteiger partial charge in [-0.05, 0) is 67.6 Å². The highest BCUT2D eigenvalue weighted by atomic mass is 16.6. The van der Waals surface area contributed by atoms with E-state index in [0.717, 1.165) is 44.4 Å². The lowest BCUT2D eigenvalue weighted by Gasteiger charge is -2.10. The van der Waals surface area contributed by atoms with Crippen LogP contribution in [0.2, 0.25) is 0 Å². The molecule has 0 saturated carbocycles. The predicted octanol–water partition coefficient (Wildman–Crippen LogP) is 5.24. The molecular formula is C25H23N3O3. The zero-order valence-electron chi connectivity index (χ0n) is 17.4. The molecule has 0 radical (unpaired) electrons. The van der Waals surface area contributed by atoms with E-state index in [1.165, 1.54) is 6.07 Å². The van der Waals surface area contributed by atoms with E-state index in [1.807, 2.05) is 26.0 Å². The first-order valence-electron chi connectivity index (χ1n) is 10.1. The van der Waals surface area contributed by atoms with E-state index in [-0.39, 0.29) is 10.6 Å². The maximum Gasteiger partial charge on any atom is 0.270 e. The third-order valence-corrected chi connectivity index (χ3v) is 5.54. The van der Waals surface area contributed by atoms with Crippen LogP contribution in [-0.2, 0) is 12.8 Å². The third kappa shape index (κ3) is 4.05. The summed E-state index contributed by atoms with van der Waals surface area (Å²) in [6.07, 6.45) is 1.19. The molecule has 1 aromatic heterocycles. The highest BCUT2D eigenvalue weighted by molar-refractivity contribution is 5.95. The van der Waals surface area contributed by atoms with Crippen LogP contribution in [0, 0.1) is 24.0 Å². The molecule has 0 aliphatic rings. The standard InChI is InChI=1S/C25H23N3O3/c1-15-11-16(2)13-18(12-15)24-21(9-7-17-5-3-4-6-20(17)25(26)29)22-14-19(28(30)31)8-10-23(22)27-24/h3-6,8,10-14,27H,7,9H2,1-2H3,(H2,26,29). The first-order valence-corrected chi connectivity index (χ1v) is 10.1. The van der Waals surface area contributed by atoms with Gasteiger partial charge in [-0.1, -0.05) is 35.4 Å². The Bertz CT molecular complexity index is 1300. The molecule has 1 heterocycles. The molecule has 0 fully saturated rings. The van der Waals surface area contributed by atoms with Gasteiger partial charge in [-0.15, -0.1) is 0 Å². The van der Waals surface area contributed by atoms with Crippen LogP contribution in [0.4, 0.5) is 5.69 Å².